The zero-order valence-electron chi connectivity index (χ0n) is 13.2. The number of carbonyl (C=O) groups is 1. The Morgan fingerprint density at radius 2 is 2.04 bits per heavy atom. The van der Waals surface area contributed by atoms with E-state index in [4.69, 9.17) is 9.15 Å². The van der Waals surface area contributed by atoms with Crippen molar-refractivity contribution in [2.45, 2.75) is 38.3 Å². The monoisotopic (exact) mass is 337 g/mol. The molecule has 0 unspecified atom stereocenters. The minimum Gasteiger partial charge on any atom is -0.468 e. The van der Waals surface area contributed by atoms with Crippen molar-refractivity contribution in [3.8, 4) is 0 Å². The fourth-order valence-electron chi connectivity index (χ4n) is 1.93. The molecule has 0 aliphatic carbocycles. The number of rotatable bonds is 6. The summed E-state index contributed by atoms with van der Waals surface area (Å²) >= 11 is 0. The van der Waals surface area contributed by atoms with Gasteiger partial charge in [0.25, 0.3) is 0 Å². The molecular formula is C16H19NO5S. The van der Waals surface area contributed by atoms with Crippen molar-refractivity contribution in [3.63, 3.8) is 0 Å². The van der Waals surface area contributed by atoms with E-state index in [-0.39, 0.29) is 23.1 Å². The highest BCUT2D eigenvalue weighted by molar-refractivity contribution is 7.89. The van der Waals surface area contributed by atoms with Crippen molar-refractivity contribution in [1.29, 1.82) is 0 Å². The number of carbonyl (C=O) groups excluding carboxylic acids is 1. The molecule has 1 aromatic heterocycles. The van der Waals surface area contributed by atoms with E-state index in [1.54, 1.807) is 39.0 Å². The van der Waals surface area contributed by atoms with Crippen molar-refractivity contribution in [2.75, 3.05) is 0 Å². The molecule has 0 fully saturated rings. The van der Waals surface area contributed by atoms with Crippen LogP contribution in [0.4, 0.5) is 0 Å². The van der Waals surface area contributed by atoms with Crippen LogP contribution in [0.3, 0.4) is 0 Å². The Balaban J connectivity index is 2.23. The third kappa shape index (κ3) is 4.43. The molecule has 0 aliphatic rings. The van der Waals surface area contributed by atoms with Crippen LogP contribution >= 0.6 is 0 Å². The molecule has 124 valence electrons. The number of hydrogen-bond donors (Lipinski definition) is 1. The van der Waals surface area contributed by atoms with E-state index in [2.05, 4.69) is 4.72 Å². The lowest BCUT2D eigenvalue weighted by Gasteiger charge is -2.12. The van der Waals surface area contributed by atoms with E-state index >= 15 is 0 Å². The van der Waals surface area contributed by atoms with E-state index in [0.29, 0.717) is 11.3 Å². The van der Waals surface area contributed by atoms with Gasteiger partial charge in [-0.15, -0.1) is 0 Å². The first-order valence-corrected chi connectivity index (χ1v) is 8.61. The van der Waals surface area contributed by atoms with Gasteiger partial charge >= 0.3 is 5.97 Å². The van der Waals surface area contributed by atoms with Crippen LogP contribution in [0.1, 0.15) is 35.5 Å². The van der Waals surface area contributed by atoms with Crippen molar-refractivity contribution < 1.29 is 22.4 Å². The molecule has 1 heterocycles. The van der Waals surface area contributed by atoms with Crippen LogP contribution in [0.15, 0.2) is 45.9 Å². The fourth-order valence-corrected chi connectivity index (χ4v) is 2.95. The number of furan rings is 1. The van der Waals surface area contributed by atoms with Gasteiger partial charge in [0, 0.05) is 0 Å². The third-order valence-corrected chi connectivity index (χ3v) is 4.50. The lowest BCUT2D eigenvalue weighted by atomic mass is 10.1. The summed E-state index contributed by atoms with van der Waals surface area (Å²) in [4.78, 5) is 12.1. The molecule has 2 aromatic rings. The molecule has 0 bridgehead atoms. The average molecular weight is 337 g/mol. The van der Waals surface area contributed by atoms with E-state index in [1.807, 2.05) is 0 Å². The van der Waals surface area contributed by atoms with Crippen LogP contribution in [0.2, 0.25) is 0 Å². The summed E-state index contributed by atoms with van der Waals surface area (Å²) in [6.45, 7) is 5.23. The van der Waals surface area contributed by atoms with Crippen molar-refractivity contribution >= 4 is 16.0 Å². The number of nitrogens with one attached hydrogen (secondary N) is 1. The summed E-state index contributed by atoms with van der Waals surface area (Å²) < 4.78 is 37.3. The topological polar surface area (TPSA) is 85.6 Å². The third-order valence-electron chi connectivity index (χ3n) is 3.10. The van der Waals surface area contributed by atoms with Crippen LogP contribution in [0, 0.1) is 6.92 Å². The van der Waals surface area contributed by atoms with Gasteiger partial charge in [0.15, 0.2) is 0 Å². The molecule has 6 nitrogen and oxygen atoms in total. The summed E-state index contributed by atoms with van der Waals surface area (Å²) in [7, 11) is -3.76. The maximum atomic E-state index is 12.3. The molecule has 0 atom stereocenters. The summed E-state index contributed by atoms with van der Waals surface area (Å²) in [5.74, 6) is -0.0410. The molecule has 0 amide bonds. The Labute approximate surface area is 135 Å². The first kappa shape index (κ1) is 17.2. The molecule has 1 N–H and O–H groups in total. The van der Waals surface area contributed by atoms with Crippen LogP contribution in [-0.4, -0.2) is 20.5 Å². The van der Waals surface area contributed by atoms with Gasteiger partial charge in [-0.1, -0.05) is 6.07 Å². The van der Waals surface area contributed by atoms with E-state index in [1.165, 1.54) is 18.4 Å². The summed E-state index contributed by atoms with van der Waals surface area (Å²) in [6.07, 6.45) is 1.19. The normalized spacial score (nSPS) is 11.7. The molecule has 7 heteroatoms. The largest absolute Gasteiger partial charge is 0.468 e. The Kier molecular flexibility index (Phi) is 5.23. The quantitative estimate of drug-likeness (QED) is 0.819. The zero-order valence-corrected chi connectivity index (χ0v) is 14.0. The van der Waals surface area contributed by atoms with Crippen molar-refractivity contribution in [3.05, 3.63) is 53.5 Å². The predicted octanol–water partition coefficient (Wildman–Crippen LogP) is 2.63. The molecular weight excluding hydrogens is 318 g/mol. The molecule has 1 aromatic carbocycles. The number of benzene rings is 1. The Bertz CT molecular complexity index is 779. The minimum atomic E-state index is -3.76. The van der Waals surface area contributed by atoms with Crippen molar-refractivity contribution in [1.82, 2.24) is 4.72 Å². The van der Waals surface area contributed by atoms with Gasteiger partial charge in [-0.25, -0.2) is 17.9 Å². The van der Waals surface area contributed by atoms with Gasteiger partial charge in [0.05, 0.1) is 29.4 Å². The Hall–Kier alpha value is -2.12. The van der Waals surface area contributed by atoms with Gasteiger partial charge in [0.2, 0.25) is 10.0 Å². The number of aryl methyl sites for hydroxylation is 1. The van der Waals surface area contributed by atoms with E-state index in [9.17, 15) is 13.2 Å². The number of ether oxygens (including phenoxy) is 1. The van der Waals surface area contributed by atoms with Crippen LogP contribution in [0.25, 0.3) is 0 Å². The molecule has 0 aliphatic heterocycles. The van der Waals surface area contributed by atoms with Crippen molar-refractivity contribution in [2.24, 2.45) is 0 Å². The second-order valence-electron chi connectivity index (χ2n) is 5.33. The van der Waals surface area contributed by atoms with Crippen LogP contribution in [-0.2, 0) is 21.3 Å². The van der Waals surface area contributed by atoms with Gasteiger partial charge in [-0.2, -0.15) is 0 Å². The lowest BCUT2D eigenvalue weighted by Crippen LogP contribution is -2.23. The molecule has 23 heavy (non-hydrogen) atoms. The van der Waals surface area contributed by atoms with Gasteiger partial charge in [-0.3, -0.25) is 0 Å². The highest BCUT2D eigenvalue weighted by Crippen LogP contribution is 2.17. The Morgan fingerprint density at radius 1 is 1.30 bits per heavy atom. The van der Waals surface area contributed by atoms with E-state index < -0.39 is 16.0 Å². The second-order valence-corrected chi connectivity index (χ2v) is 7.10. The fraction of sp³-hybridized carbons (Fsp3) is 0.312. The van der Waals surface area contributed by atoms with E-state index in [0.717, 1.165) is 0 Å². The summed E-state index contributed by atoms with van der Waals surface area (Å²) in [6, 6.07) is 7.70. The van der Waals surface area contributed by atoms with Gasteiger partial charge < -0.3 is 9.15 Å². The van der Waals surface area contributed by atoms with Gasteiger partial charge in [-0.05, 0) is 50.6 Å². The first-order valence-electron chi connectivity index (χ1n) is 7.13. The standard InChI is InChI=1S/C16H19NO5S/c1-11(2)22-16(18)15-9-14(7-6-12(15)3)23(19,20)17-10-13-5-4-8-21-13/h4-9,11,17H,10H2,1-3H3. The SMILES string of the molecule is Cc1ccc(S(=O)(=O)NCc2ccco2)cc1C(=O)OC(C)C. The molecule has 2 rings (SSSR count). The molecule has 0 radical (unpaired) electrons. The van der Waals surface area contributed by atoms with Crippen LogP contribution in [0.5, 0.6) is 0 Å². The minimum absolute atomic E-state index is 0.00497. The molecule has 0 spiro atoms. The average Bonchev–Trinajstić information content (AvgIpc) is 2.98. The summed E-state index contributed by atoms with van der Waals surface area (Å²) in [5, 5.41) is 0. The predicted molar refractivity (Wildman–Crippen MR) is 84.5 cm³/mol. The lowest BCUT2D eigenvalue weighted by molar-refractivity contribution is 0.0377. The smallest absolute Gasteiger partial charge is 0.338 e. The summed E-state index contributed by atoms with van der Waals surface area (Å²) in [5.41, 5.74) is 0.889. The number of esters is 1. The second kappa shape index (κ2) is 6.97. The zero-order chi connectivity index (χ0) is 17.0. The molecule has 0 saturated heterocycles. The maximum Gasteiger partial charge on any atom is 0.338 e. The van der Waals surface area contributed by atoms with Gasteiger partial charge in [0.1, 0.15) is 5.76 Å². The number of sulfonamides is 1. The maximum absolute atomic E-state index is 12.3. The Morgan fingerprint density at radius 3 is 2.65 bits per heavy atom. The highest BCUT2D eigenvalue weighted by Gasteiger charge is 2.19. The van der Waals surface area contributed by atoms with Crippen LogP contribution < -0.4 is 4.72 Å². The first-order chi connectivity index (χ1) is 10.8. The highest BCUT2D eigenvalue weighted by atomic mass is 32.2. The molecule has 0 saturated carbocycles. The number of hydrogen-bond acceptors (Lipinski definition) is 5.